The van der Waals surface area contributed by atoms with Gasteiger partial charge >= 0.3 is 5.97 Å². The topological polar surface area (TPSA) is 70.4 Å². The van der Waals surface area contributed by atoms with E-state index in [9.17, 15) is 4.79 Å². The Morgan fingerprint density at radius 2 is 2.35 bits per heavy atom. The van der Waals surface area contributed by atoms with Gasteiger partial charge in [-0.05, 0) is 24.6 Å². The van der Waals surface area contributed by atoms with Gasteiger partial charge in [0.05, 0.1) is 17.5 Å². The normalized spacial score (nSPS) is 11.4. The number of benzene rings is 1. The summed E-state index contributed by atoms with van der Waals surface area (Å²) in [6, 6.07) is 6.01. The monoisotopic (exact) mass is 229 g/mol. The fourth-order valence-corrected chi connectivity index (χ4v) is 2.01. The number of aryl methyl sites for hydroxylation is 1. The lowest BCUT2D eigenvalue weighted by molar-refractivity contribution is -0.136. The molecule has 0 amide bonds. The lowest BCUT2D eigenvalue weighted by Gasteiger charge is -1.92. The molecule has 0 atom stereocenters. The Kier molecular flexibility index (Phi) is 1.95. The summed E-state index contributed by atoms with van der Waals surface area (Å²) >= 11 is 0. The third-order valence-corrected chi connectivity index (χ3v) is 2.74. The van der Waals surface area contributed by atoms with E-state index in [1.807, 2.05) is 29.5 Å². The molecule has 3 aromatic rings. The van der Waals surface area contributed by atoms with Crippen LogP contribution >= 0.6 is 0 Å². The number of imidazole rings is 2. The Labute approximate surface area is 96.7 Å². The zero-order valence-corrected chi connectivity index (χ0v) is 9.27. The summed E-state index contributed by atoms with van der Waals surface area (Å²) in [6.07, 6.45) is 1.77. The highest BCUT2D eigenvalue weighted by atomic mass is 16.4. The molecule has 0 aliphatic rings. The van der Waals surface area contributed by atoms with Crippen LogP contribution in [0.3, 0.4) is 0 Å². The van der Waals surface area contributed by atoms with Crippen LogP contribution in [0.25, 0.3) is 16.8 Å². The highest BCUT2D eigenvalue weighted by Crippen LogP contribution is 2.18. The smallest absolute Gasteiger partial charge is 0.309 e. The van der Waals surface area contributed by atoms with Crippen molar-refractivity contribution in [2.24, 2.45) is 0 Å². The van der Waals surface area contributed by atoms with Crippen molar-refractivity contribution in [2.45, 2.75) is 13.3 Å². The van der Waals surface area contributed by atoms with E-state index in [0.717, 1.165) is 16.6 Å². The molecule has 86 valence electrons. The predicted octanol–water partition coefficient (Wildman–Crippen LogP) is 1.75. The lowest BCUT2D eigenvalue weighted by Crippen LogP contribution is -1.99. The number of fused-ring (bicyclic) bond motifs is 3. The van der Waals surface area contributed by atoms with E-state index in [1.165, 1.54) is 0 Å². The van der Waals surface area contributed by atoms with Gasteiger partial charge in [0.1, 0.15) is 0 Å². The molecular formula is C12H11N3O2. The van der Waals surface area contributed by atoms with Crippen LogP contribution in [0.2, 0.25) is 0 Å². The SMILES string of the molecule is Cc1ccc2c(c1)nc1[nH]c(CC(=O)O)cn12. The molecule has 0 fully saturated rings. The molecule has 0 saturated carbocycles. The summed E-state index contributed by atoms with van der Waals surface area (Å²) < 4.78 is 1.88. The number of hydrogen-bond donors (Lipinski definition) is 2. The largest absolute Gasteiger partial charge is 0.481 e. The van der Waals surface area contributed by atoms with E-state index in [1.54, 1.807) is 6.20 Å². The summed E-state index contributed by atoms with van der Waals surface area (Å²) in [6.45, 7) is 2.02. The van der Waals surface area contributed by atoms with Gasteiger partial charge < -0.3 is 10.1 Å². The Hall–Kier alpha value is -2.30. The molecule has 5 nitrogen and oxygen atoms in total. The van der Waals surface area contributed by atoms with E-state index >= 15 is 0 Å². The molecule has 0 bridgehead atoms. The van der Waals surface area contributed by atoms with Gasteiger partial charge in [0, 0.05) is 11.9 Å². The van der Waals surface area contributed by atoms with E-state index in [0.29, 0.717) is 11.5 Å². The fraction of sp³-hybridized carbons (Fsp3) is 0.167. The fourth-order valence-electron chi connectivity index (χ4n) is 2.01. The average molecular weight is 229 g/mol. The number of carboxylic acids is 1. The molecule has 5 heteroatoms. The van der Waals surface area contributed by atoms with Crippen molar-refractivity contribution in [1.29, 1.82) is 0 Å². The number of hydrogen-bond acceptors (Lipinski definition) is 2. The van der Waals surface area contributed by atoms with Crippen LogP contribution in [0.15, 0.2) is 24.4 Å². The number of H-pyrrole nitrogens is 1. The summed E-state index contributed by atoms with van der Waals surface area (Å²) in [5, 5.41) is 8.73. The van der Waals surface area contributed by atoms with E-state index in [2.05, 4.69) is 9.97 Å². The molecule has 0 aliphatic carbocycles. The van der Waals surface area contributed by atoms with Crippen LogP contribution in [-0.4, -0.2) is 25.4 Å². The Morgan fingerprint density at radius 3 is 3.12 bits per heavy atom. The van der Waals surface area contributed by atoms with E-state index < -0.39 is 5.97 Å². The average Bonchev–Trinajstić information content (AvgIpc) is 2.72. The van der Waals surface area contributed by atoms with Gasteiger partial charge in [0.2, 0.25) is 5.78 Å². The minimum Gasteiger partial charge on any atom is -0.481 e. The molecule has 0 spiro atoms. The highest BCUT2D eigenvalue weighted by Gasteiger charge is 2.09. The first-order chi connectivity index (χ1) is 8.13. The molecule has 17 heavy (non-hydrogen) atoms. The quantitative estimate of drug-likeness (QED) is 0.703. The van der Waals surface area contributed by atoms with Gasteiger partial charge in [0.25, 0.3) is 0 Å². The van der Waals surface area contributed by atoms with Gasteiger partial charge in [-0.25, -0.2) is 4.98 Å². The number of aliphatic carboxylic acids is 1. The zero-order valence-electron chi connectivity index (χ0n) is 9.27. The van der Waals surface area contributed by atoms with Crippen molar-refractivity contribution in [3.8, 4) is 0 Å². The summed E-state index contributed by atoms with van der Waals surface area (Å²) in [7, 11) is 0. The first kappa shape index (κ1) is 9.89. The molecular weight excluding hydrogens is 218 g/mol. The lowest BCUT2D eigenvalue weighted by atomic mass is 10.2. The maximum atomic E-state index is 10.6. The summed E-state index contributed by atoms with van der Waals surface area (Å²) in [5.74, 6) is -0.170. The Balaban J connectivity index is 2.21. The maximum Gasteiger partial charge on any atom is 0.309 e. The van der Waals surface area contributed by atoms with Gasteiger partial charge in [0.15, 0.2) is 0 Å². The number of aromatic nitrogens is 3. The highest BCUT2D eigenvalue weighted by molar-refractivity contribution is 5.80. The Morgan fingerprint density at radius 1 is 1.53 bits per heavy atom. The molecule has 0 saturated heterocycles. The van der Waals surface area contributed by atoms with E-state index in [-0.39, 0.29) is 6.42 Å². The molecule has 2 heterocycles. The number of nitrogens with one attached hydrogen (secondary N) is 1. The van der Waals surface area contributed by atoms with Gasteiger partial charge in [-0.3, -0.25) is 9.20 Å². The summed E-state index contributed by atoms with van der Waals surface area (Å²) in [4.78, 5) is 18.1. The molecule has 3 rings (SSSR count). The molecule has 0 radical (unpaired) electrons. The minimum atomic E-state index is -0.852. The number of rotatable bonds is 2. The van der Waals surface area contributed by atoms with Crippen LogP contribution < -0.4 is 0 Å². The second kappa shape index (κ2) is 3.35. The van der Waals surface area contributed by atoms with Crippen molar-refractivity contribution in [3.63, 3.8) is 0 Å². The number of carbonyl (C=O) groups is 1. The zero-order chi connectivity index (χ0) is 12.0. The van der Waals surface area contributed by atoms with Gasteiger partial charge in [-0.15, -0.1) is 0 Å². The standard InChI is InChI=1S/C12H11N3O2/c1-7-2-3-10-9(4-7)14-12-13-8(5-11(16)17)6-15(10)12/h2-4,6H,5H2,1H3,(H,13,14)(H,16,17). The van der Waals surface area contributed by atoms with Gasteiger partial charge in [-0.1, -0.05) is 6.07 Å². The molecule has 0 aliphatic heterocycles. The molecule has 0 unspecified atom stereocenters. The first-order valence-electron chi connectivity index (χ1n) is 5.31. The number of nitrogens with zero attached hydrogens (tertiary/aromatic N) is 2. The minimum absolute atomic E-state index is 0.0171. The van der Waals surface area contributed by atoms with Crippen molar-refractivity contribution in [1.82, 2.24) is 14.4 Å². The summed E-state index contributed by atoms with van der Waals surface area (Å²) in [5.41, 5.74) is 3.71. The van der Waals surface area contributed by atoms with Crippen molar-refractivity contribution in [2.75, 3.05) is 0 Å². The van der Waals surface area contributed by atoms with Crippen LogP contribution in [0.1, 0.15) is 11.3 Å². The number of aromatic amines is 1. The first-order valence-corrected chi connectivity index (χ1v) is 5.31. The van der Waals surface area contributed by atoms with Gasteiger partial charge in [-0.2, -0.15) is 0 Å². The van der Waals surface area contributed by atoms with Crippen LogP contribution in [0.5, 0.6) is 0 Å². The van der Waals surface area contributed by atoms with Crippen LogP contribution in [0.4, 0.5) is 0 Å². The predicted molar refractivity (Wildman–Crippen MR) is 63.1 cm³/mol. The van der Waals surface area contributed by atoms with E-state index in [4.69, 9.17) is 5.11 Å². The molecule has 2 N–H and O–H groups in total. The third-order valence-electron chi connectivity index (χ3n) is 2.74. The second-order valence-electron chi connectivity index (χ2n) is 4.15. The van der Waals surface area contributed by atoms with Crippen molar-refractivity contribution in [3.05, 3.63) is 35.7 Å². The van der Waals surface area contributed by atoms with Crippen molar-refractivity contribution >= 4 is 22.8 Å². The maximum absolute atomic E-state index is 10.6. The van der Waals surface area contributed by atoms with Crippen LogP contribution in [-0.2, 0) is 11.2 Å². The van der Waals surface area contributed by atoms with Crippen LogP contribution in [0, 0.1) is 6.92 Å². The third kappa shape index (κ3) is 1.56. The Bertz CT molecular complexity index is 724. The second-order valence-corrected chi connectivity index (χ2v) is 4.15. The molecule has 2 aromatic heterocycles. The molecule has 1 aromatic carbocycles. The van der Waals surface area contributed by atoms with Crippen molar-refractivity contribution < 1.29 is 9.90 Å². The number of carboxylic acid groups (broad SMARTS) is 1.